The number of hydrogen-bond acceptors (Lipinski definition) is 5. The van der Waals surface area contributed by atoms with Crippen LogP contribution >= 0.6 is 22.6 Å². The molecule has 2 aromatic rings. The highest BCUT2D eigenvalue weighted by Gasteiger charge is 2.39. The maximum absolute atomic E-state index is 14.1. The van der Waals surface area contributed by atoms with Crippen molar-refractivity contribution in [2.75, 3.05) is 18.0 Å². The summed E-state index contributed by atoms with van der Waals surface area (Å²) in [6, 6.07) is -0.342. The molecule has 2 aliphatic rings. The SMILES string of the molecule is C[C@@H]1CN(c2ncnc3c2c(I)cn3C2CCCC(F)(F)C2)[C@@H](C)CN1C(=O)OC(C)(C)C. The number of amides is 1. The minimum atomic E-state index is -2.64. The summed E-state index contributed by atoms with van der Waals surface area (Å²) < 4.78 is 36.7. The van der Waals surface area contributed by atoms with Crippen molar-refractivity contribution in [2.24, 2.45) is 0 Å². The Hall–Kier alpha value is -1.72. The van der Waals surface area contributed by atoms with Crippen LogP contribution in [0.5, 0.6) is 0 Å². The number of anilines is 1. The molecule has 0 bridgehead atoms. The highest BCUT2D eigenvalue weighted by molar-refractivity contribution is 14.1. The van der Waals surface area contributed by atoms with Gasteiger partial charge in [0.25, 0.3) is 0 Å². The van der Waals surface area contributed by atoms with E-state index in [2.05, 4.69) is 44.4 Å². The normalized spacial score (nSPS) is 26.0. The van der Waals surface area contributed by atoms with Gasteiger partial charge in [0.05, 0.1) is 5.39 Å². The van der Waals surface area contributed by atoms with E-state index in [-0.39, 0.29) is 37.1 Å². The number of aromatic nitrogens is 3. The molecule has 1 aliphatic heterocycles. The lowest BCUT2D eigenvalue weighted by atomic mass is 9.92. The van der Waals surface area contributed by atoms with E-state index >= 15 is 0 Å². The second kappa shape index (κ2) is 8.81. The number of carbonyl (C=O) groups is 1. The summed E-state index contributed by atoms with van der Waals surface area (Å²) in [7, 11) is 0. The average Bonchev–Trinajstić information content (AvgIpc) is 3.04. The summed E-state index contributed by atoms with van der Waals surface area (Å²) in [4.78, 5) is 25.8. The molecule has 1 aliphatic carbocycles. The maximum Gasteiger partial charge on any atom is 0.410 e. The van der Waals surface area contributed by atoms with E-state index in [0.717, 1.165) is 21.2 Å². The van der Waals surface area contributed by atoms with Gasteiger partial charge >= 0.3 is 6.09 Å². The Bertz CT molecular complexity index is 1040. The van der Waals surface area contributed by atoms with Crippen LogP contribution in [0.15, 0.2) is 12.5 Å². The number of alkyl halides is 2. The Morgan fingerprint density at radius 1 is 1.21 bits per heavy atom. The molecule has 3 atom stereocenters. The van der Waals surface area contributed by atoms with E-state index in [1.54, 1.807) is 4.90 Å². The molecule has 0 aromatic carbocycles. The van der Waals surface area contributed by atoms with Gasteiger partial charge in [0.1, 0.15) is 23.4 Å². The largest absolute Gasteiger partial charge is 0.444 e. The van der Waals surface area contributed by atoms with Gasteiger partial charge in [0.2, 0.25) is 5.92 Å². The van der Waals surface area contributed by atoms with Gasteiger partial charge < -0.3 is 19.1 Å². The van der Waals surface area contributed by atoms with E-state index in [1.807, 2.05) is 38.5 Å². The first-order chi connectivity index (χ1) is 15.4. The van der Waals surface area contributed by atoms with Gasteiger partial charge in [-0.1, -0.05) is 0 Å². The number of rotatable bonds is 2. The molecule has 33 heavy (non-hydrogen) atoms. The van der Waals surface area contributed by atoms with Gasteiger partial charge in [-0.25, -0.2) is 23.5 Å². The number of hydrogen-bond donors (Lipinski definition) is 0. The van der Waals surface area contributed by atoms with E-state index in [1.165, 1.54) is 6.33 Å². The van der Waals surface area contributed by atoms with Gasteiger partial charge in [-0.2, -0.15) is 0 Å². The van der Waals surface area contributed by atoms with Crippen LogP contribution in [0.3, 0.4) is 0 Å². The number of carbonyl (C=O) groups excluding carboxylic acids is 1. The molecule has 2 aromatic heterocycles. The lowest BCUT2D eigenvalue weighted by Gasteiger charge is -2.44. The molecule has 1 saturated heterocycles. The minimum Gasteiger partial charge on any atom is -0.444 e. The third-order valence-corrected chi connectivity index (χ3v) is 7.25. The monoisotopic (exact) mass is 575 g/mol. The first kappa shape index (κ1) is 24.4. The van der Waals surface area contributed by atoms with E-state index in [9.17, 15) is 13.6 Å². The second-order valence-corrected chi connectivity index (χ2v) is 11.5. The lowest BCUT2D eigenvalue weighted by Crippen LogP contribution is -2.59. The summed E-state index contributed by atoms with van der Waals surface area (Å²) in [5.41, 5.74) is 0.145. The molecule has 182 valence electrons. The van der Waals surface area contributed by atoms with Crippen molar-refractivity contribution in [1.82, 2.24) is 19.4 Å². The van der Waals surface area contributed by atoms with E-state index in [4.69, 9.17) is 4.74 Å². The first-order valence-electron chi connectivity index (χ1n) is 11.5. The fourth-order valence-electron chi connectivity index (χ4n) is 4.90. The van der Waals surface area contributed by atoms with Crippen LogP contribution in [0.25, 0.3) is 11.0 Å². The summed E-state index contributed by atoms with van der Waals surface area (Å²) in [5.74, 6) is -1.85. The molecule has 1 amide bonds. The van der Waals surface area contributed by atoms with Gasteiger partial charge in [0, 0.05) is 53.8 Å². The van der Waals surface area contributed by atoms with Gasteiger partial charge in [-0.15, -0.1) is 0 Å². The zero-order valence-corrected chi connectivity index (χ0v) is 22.0. The van der Waals surface area contributed by atoms with Crippen LogP contribution in [0.4, 0.5) is 19.4 Å². The molecule has 3 heterocycles. The topological polar surface area (TPSA) is 63.5 Å². The van der Waals surface area contributed by atoms with Crippen molar-refractivity contribution in [1.29, 1.82) is 0 Å². The molecule has 10 heteroatoms. The third-order valence-electron chi connectivity index (χ3n) is 6.44. The molecule has 0 N–H and O–H groups in total. The molecule has 0 spiro atoms. The van der Waals surface area contributed by atoms with Gasteiger partial charge in [-0.05, 0) is 70.1 Å². The molecule has 1 unspecified atom stereocenters. The van der Waals surface area contributed by atoms with Crippen LogP contribution in [-0.2, 0) is 4.74 Å². The molecular weight excluding hydrogens is 543 g/mol. The van der Waals surface area contributed by atoms with Crippen molar-refractivity contribution in [2.45, 2.75) is 90.0 Å². The van der Waals surface area contributed by atoms with Gasteiger partial charge in [-0.3, -0.25) is 0 Å². The predicted octanol–water partition coefficient (Wildman–Crippen LogP) is 5.62. The number of halogens is 3. The van der Waals surface area contributed by atoms with Crippen LogP contribution in [0.1, 0.15) is 66.3 Å². The highest BCUT2D eigenvalue weighted by atomic mass is 127. The molecule has 0 radical (unpaired) electrons. The summed E-state index contributed by atoms with van der Waals surface area (Å²) in [6.07, 6.45) is 4.16. The Kier molecular flexibility index (Phi) is 6.52. The molecular formula is C23H32F2IN5O2. The first-order valence-corrected chi connectivity index (χ1v) is 12.6. The fourth-order valence-corrected chi connectivity index (χ4v) is 5.68. The Balaban J connectivity index is 1.63. The number of piperazine rings is 1. The smallest absolute Gasteiger partial charge is 0.410 e. The zero-order chi connectivity index (χ0) is 24.1. The third kappa shape index (κ3) is 5.05. The zero-order valence-electron chi connectivity index (χ0n) is 19.8. The maximum atomic E-state index is 14.1. The van der Waals surface area contributed by atoms with Crippen molar-refractivity contribution in [3.63, 3.8) is 0 Å². The number of fused-ring (bicyclic) bond motifs is 1. The molecule has 7 nitrogen and oxygen atoms in total. The summed E-state index contributed by atoms with van der Waals surface area (Å²) >= 11 is 2.25. The lowest BCUT2D eigenvalue weighted by molar-refractivity contribution is -0.0491. The van der Waals surface area contributed by atoms with Crippen molar-refractivity contribution in [3.05, 3.63) is 16.1 Å². The predicted molar refractivity (Wildman–Crippen MR) is 132 cm³/mol. The molecule has 2 fully saturated rings. The Labute approximate surface area is 207 Å². The summed E-state index contributed by atoms with van der Waals surface area (Å²) in [5, 5.41) is 0.886. The Morgan fingerprint density at radius 3 is 2.61 bits per heavy atom. The fraction of sp³-hybridized carbons (Fsp3) is 0.696. The molecule has 1 saturated carbocycles. The minimum absolute atomic E-state index is 0.00461. The van der Waals surface area contributed by atoms with Crippen LogP contribution in [0.2, 0.25) is 0 Å². The van der Waals surface area contributed by atoms with Crippen molar-refractivity contribution in [3.8, 4) is 0 Å². The van der Waals surface area contributed by atoms with Crippen LogP contribution < -0.4 is 4.90 Å². The molecule has 4 rings (SSSR count). The van der Waals surface area contributed by atoms with Gasteiger partial charge in [0.15, 0.2) is 0 Å². The highest BCUT2D eigenvalue weighted by Crippen LogP contribution is 2.42. The number of nitrogens with zero attached hydrogens (tertiary/aromatic N) is 5. The van der Waals surface area contributed by atoms with Crippen molar-refractivity contribution >= 4 is 45.5 Å². The van der Waals surface area contributed by atoms with Crippen LogP contribution in [0, 0.1) is 3.57 Å². The quantitative estimate of drug-likeness (QED) is 0.435. The average molecular weight is 575 g/mol. The standard InChI is InChI=1S/C23H32F2IN5O2/c1-14-11-30(21(32)33-22(3,4)5)15(2)10-29(14)19-18-17(26)12-31(20(18)28-13-27-19)16-7-6-8-23(24,25)9-16/h12-16H,6-11H2,1-5H3/t14-,15+,16?/m0/s1. The van der Waals surface area contributed by atoms with E-state index in [0.29, 0.717) is 25.2 Å². The van der Waals surface area contributed by atoms with E-state index < -0.39 is 11.5 Å². The van der Waals surface area contributed by atoms with Crippen LogP contribution in [-0.4, -0.2) is 62.2 Å². The number of ether oxygens (including phenoxy) is 1. The second-order valence-electron chi connectivity index (χ2n) is 10.4. The Morgan fingerprint density at radius 2 is 1.94 bits per heavy atom. The summed E-state index contributed by atoms with van der Waals surface area (Å²) in [6.45, 7) is 10.7. The van der Waals surface area contributed by atoms with Crippen molar-refractivity contribution < 1.29 is 18.3 Å².